The van der Waals surface area contributed by atoms with Gasteiger partial charge in [-0.05, 0) is 60.1 Å². The van der Waals surface area contributed by atoms with Gasteiger partial charge in [0.25, 0.3) is 0 Å². The Hall–Kier alpha value is -3.01. The maximum Gasteiger partial charge on any atom is 0.234 e. The summed E-state index contributed by atoms with van der Waals surface area (Å²) in [5, 5.41) is 17.7. The van der Waals surface area contributed by atoms with Crippen molar-refractivity contribution >= 4 is 40.7 Å². The number of amides is 1. The van der Waals surface area contributed by atoms with Gasteiger partial charge in [0.05, 0.1) is 28.3 Å². The van der Waals surface area contributed by atoms with Crippen molar-refractivity contribution in [1.29, 1.82) is 5.26 Å². The van der Waals surface area contributed by atoms with Crippen LogP contribution < -0.4 is 10.6 Å². The number of unbranched alkanes of at least 4 members (excludes halogenated alkanes) is 1. The van der Waals surface area contributed by atoms with Gasteiger partial charge in [-0.15, -0.1) is 0 Å². The number of carbonyl (C=O) groups excluding carboxylic acids is 2. The van der Waals surface area contributed by atoms with Crippen LogP contribution in [0, 0.1) is 16.7 Å². The Bertz CT molecular complexity index is 1290. The van der Waals surface area contributed by atoms with E-state index < -0.39 is 5.92 Å². The molecule has 1 heterocycles. The van der Waals surface area contributed by atoms with Crippen molar-refractivity contribution in [2.75, 3.05) is 11.1 Å². The third-order valence-corrected chi connectivity index (χ3v) is 8.00. The molecule has 5 nitrogen and oxygen atoms in total. The lowest BCUT2D eigenvalue weighted by Gasteiger charge is -2.39. The summed E-state index contributed by atoms with van der Waals surface area (Å²) in [6, 6.07) is 17.6. The van der Waals surface area contributed by atoms with E-state index in [1.165, 1.54) is 17.3 Å². The molecule has 192 valence electrons. The van der Waals surface area contributed by atoms with E-state index >= 15 is 0 Å². The molecule has 7 heteroatoms. The molecule has 0 saturated carbocycles. The Labute approximate surface area is 228 Å². The highest BCUT2D eigenvalue weighted by molar-refractivity contribution is 8.03. The zero-order chi connectivity index (χ0) is 26.6. The minimum atomic E-state index is -0.483. The molecule has 1 atom stereocenters. The van der Waals surface area contributed by atoms with Crippen molar-refractivity contribution in [1.82, 2.24) is 5.32 Å². The number of hydrogen-bond acceptors (Lipinski definition) is 5. The lowest BCUT2D eigenvalue weighted by atomic mass is 9.69. The second kappa shape index (κ2) is 11.6. The van der Waals surface area contributed by atoms with E-state index in [2.05, 4.69) is 37.5 Å². The van der Waals surface area contributed by atoms with Gasteiger partial charge in [0.2, 0.25) is 5.91 Å². The number of nitrogens with one attached hydrogen (secondary N) is 2. The molecule has 0 bridgehead atoms. The van der Waals surface area contributed by atoms with E-state index in [0.717, 1.165) is 36.2 Å². The Kier molecular flexibility index (Phi) is 8.46. The fraction of sp³-hybridized carbons (Fsp3) is 0.367. The van der Waals surface area contributed by atoms with Crippen LogP contribution in [0.15, 0.2) is 70.4 Å². The molecule has 2 aromatic carbocycles. The predicted molar refractivity (Wildman–Crippen MR) is 151 cm³/mol. The quantitative estimate of drug-likeness (QED) is 0.377. The molecule has 2 aliphatic rings. The molecule has 0 aromatic heterocycles. The predicted octanol–water partition coefficient (Wildman–Crippen LogP) is 7.12. The van der Waals surface area contributed by atoms with E-state index in [1.807, 2.05) is 36.4 Å². The smallest absolute Gasteiger partial charge is 0.234 e. The van der Waals surface area contributed by atoms with Crippen molar-refractivity contribution < 1.29 is 9.59 Å². The fourth-order valence-corrected chi connectivity index (χ4v) is 5.94. The zero-order valence-corrected chi connectivity index (χ0v) is 23.1. The third-order valence-electron chi connectivity index (χ3n) is 6.73. The molecule has 0 unspecified atom stereocenters. The van der Waals surface area contributed by atoms with Crippen LogP contribution in [0.5, 0.6) is 0 Å². The Morgan fingerprint density at radius 2 is 1.86 bits per heavy atom. The number of hydrogen-bond donors (Lipinski definition) is 2. The summed E-state index contributed by atoms with van der Waals surface area (Å²) < 4.78 is 0. The van der Waals surface area contributed by atoms with Crippen LogP contribution in [0.4, 0.5) is 5.69 Å². The Morgan fingerprint density at radius 3 is 2.51 bits per heavy atom. The number of nitriles is 1. The lowest BCUT2D eigenvalue weighted by Crippen LogP contribution is -2.37. The fourth-order valence-electron chi connectivity index (χ4n) is 4.95. The molecule has 4 rings (SSSR count). The molecule has 1 amide bonds. The van der Waals surface area contributed by atoms with Gasteiger partial charge in [0, 0.05) is 28.4 Å². The standard InChI is InChI=1S/C30H32ClN3O2S/c1-4-5-6-19-7-13-22(14-8-19)33-26(36)18-37-29-23(17-32)27(20-9-11-21(31)12-10-20)28-24(34-29)15-30(2,3)16-25(28)35/h7-14,27,34H,4-6,15-16,18H2,1-3H3,(H,33,36)/t27-/m0/s1. The van der Waals surface area contributed by atoms with Crippen LogP contribution >= 0.6 is 23.4 Å². The molecule has 37 heavy (non-hydrogen) atoms. The number of dihydropyridines is 1. The van der Waals surface area contributed by atoms with Crippen LogP contribution in [0.3, 0.4) is 0 Å². The van der Waals surface area contributed by atoms with Gasteiger partial charge in [-0.25, -0.2) is 0 Å². The number of thioether (sulfide) groups is 1. The first-order chi connectivity index (χ1) is 17.7. The van der Waals surface area contributed by atoms with E-state index in [4.69, 9.17) is 11.6 Å². The monoisotopic (exact) mass is 533 g/mol. The summed E-state index contributed by atoms with van der Waals surface area (Å²) in [5.74, 6) is -0.446. The van der Waals surface area contributed by atoms with Crippen molar-refractivity contribution in [2.24, 2.45) is 5.41 Å². The number of anilines is 1. The number of benzene rings is 2. The first kappa shape index (κ1) is 27.0. The summed E-state index contributed by atoms with van der Waals surface area (Å²) in [6.07, 6.45) is 4.44. The number of ketones is 1. The van der Waals surface area contributed by atoms with Crippen LogP contribution in [0.1, 0.15) is 63.5 Å². The SMILES string of the molecule is CCCCc1ccc(NC(=O)CSC2=C(C#N)[C@H](c3ccc(Cl)cc3)C3=C(CC(C)(C)CC3=O)N2)cc1. The van der Waals surface area contributed by atoms with Gasteiger partial charge in [-0.3, -0.25) is 9.59 Å². The first-order valence-corrected chi connectivity index (χ1v) is 14.0. The average molecular weight is 534 g/mol. The summed E-state index contributed by atoms with van der Waals surface area (Å²) in [5.41, 5.74) is 4.60. The van der Waals surface area contributed by atoms with Crippen LogP contribution in [0.25, 0.3) is 0 Å². The van der Waals surface area contributed by atoms with Crippen LogP contribution in [-0.4, -0.2) is 17.4 Å². The minimum Gasteiger partial charge on any atom is -0.352 e. The number of carbonyl (C=O) groups is 2. The highest BCUT2D eigenvalue weighted by atomic mass is 35.5. The second-order valence-corrected chi connectivity index (χ2v) is 11.9. The Balaban J connectivity index is 1.55. The molecule has 1 aliphatic carbocycles. The van der Waals surface area contributed by atoms with E-state index in [-0.39, 0.29) is 22.9 Å². The molecular formula is C30H32ClN3O2S. The second-order valence-electron chi connectivity index (χ2n) is 10.4. The number of nitrogens with zero attached hydrogens (tertiary/aromatic N) is 1. The van der Waals surface area contributed by atoms with Crippen molar-refractivity contribution in [2.45, 2.75) is 58.8 Å². The van der Waals surface area contributed by atoms with Crippen molar-refractivity contribution in [3.05, 3.63) is 86.6 Å². The zero-order valence-electron chi connectivity index (χ0n) is 21.5. The molecule has 1 aliphatic heterocycles. The van der Waals surface area contributed by atoms with Gasteiger partial charge < -0.3 is 10.6 Å². The summed E-state index contributed by atoms with van der Waals surface area (Å²) in [7, 11) is 0. The van der Waals surface area contributed by atoms with Crippen LogP contribution in [-0.2, 0) is 16.0 Å². The summed E-state index contributed by atoms with van der Waals surface area (Å²) >= 11 is 7.41. The van der Waals surface area contributed by atoms with Gasteiger partial charge >= 0.3 is 0 Å². The van der Waals surface area contributed by atoms with E-state index in [9.17, 15) is 14.9 Å². The topological polar surface area (TPSA) is 82.0 Å². The van der Waals surface area contributed by atoms with Gasteiger partial charge in [0.1, 0.15) is 0 Å². The largest absolute Gasteiger partial charge is 0.352 e. The van der Waals surface area contributed by atoms with E-state index in [0.29, 0.717) is 34.0 Å². The van der Waals surface area contributed by atoms with Gasteiger partial charge in [-0.2, -0.15) is 5.26 Å². The molecule has 2 N–H and O–H groups in total. The molecule has 0 saturated heterocycles. The normalized spacial score (nSPS) is 18.7. The number of aryl methyl sites for hydroxylation is 1. The van der Waals surface area contributed by atoms with Crippen molar-refractivity contribution in [3.63, 3.8) is 0 Å². The highest BCUT2D eigenvalue weighted by Crippen LogP contribution is 2.47. The molecule has 2 aromatic rings. The number of rotatable bonds is 8. The average Bonchev–Trinajstić information content (AvgIpc) is 2.86. The lowest BCUT2D eigenvalue weighted by molar-refractivity contribution is -0.118. The number of allylic oxidation sites excluding steroid dienone is 3. The maximum atomic E-state index is 13.3. The van der Waals surface area contributed by atoms with Gasteiger partial charge in [-0.1, -0.05) is 74.8 Å². The number of halogens is 1. The maximum absolute atomic E-state index is 13.3. The Morgan fingerprint density at radius 1 is 1.16 bits per heavy atom. The van der Waals surface area contributed by atoms with Crippen molar-refractivity contribution in [3.8, 4) is 6.07 Å². The summed E-state index contributed by atoms with van der Waals surface area (Å²) in [4.78, 5) is 26.1. The van der Waals surface area contributed by atoms with Crippen LogP contribution in [0.2, 0.25) is 5.02 Å². The van der Waals surface area contributed by atoms with Gasteiger partial charge in [0.15, 0.2) is 5.78 Å². The minimum absolute atomic E-state index is 0.0515. The third kappa shape index (κ3) is 6.47. The van der Waals surface area contributed by atoms with E-state index in [1.54, 1.807) is 12.1 Å². The molecule has 0 spiro atoms. The molecule has 0 radical (unpaired) electrons. The molecule has 0 fully saturated rings. The highest BCUT2D eigenvalue weighted by Gasteiger charge is 2.41. The first-order valence-electron chi connectivity index (χ1n) is 12.7. The molecular weight excluding hydrogens is 502 g/mol. The number of Topliss-reactive ketones (excluding diaryl/α,β-unsaturated/α-hetero) is 1. The summed E-state index contributed by atoms with van der Waals surface area (Å²) in [6.45, 7) is 6.32.